The highest BCUT2D eigenvalue weighted by Crippen LogP contribution is 2.30. The van der Waals surface area contributed by atoms with Crippen molar-refractivity contribution in [3.63, 3.8) is 0 Å². The van der Waals surface area contributed by atoms with E-state index in [1.165, 1.54) is 38.8 Å². The van der Waals surface area contributed by atoms with Crippen molar-refractivity contribution >= 4 is 0 Å². The van der Waals surface area contributed by atoms with E-state index in [0.717, 1.165) is 6.54 Å². The van der Waals surface area contributed by atoms with Gasteiger partial charge in [-0.2, -0.15) is 0 Å². The minimum absolute atomic E-state index is 0.0962. The van der Waals surface area contributed by atoms with E-state index in [2.05, 4.69) is 37.9 Å². The van der Waals surface area contributed by atoms with Crippen LogP contribution >= 0.6 is 0 Å². The minimum Gasteiger partial charge on any atom is -0.371 e. The lowest BCUT2D eigenvalue weighted by molar-refractivity contribution is -0.0329. The van der Waals surface area contributed by atoms with E-state index < -0.39 is 0 Å². The van der Waals surface area contributed by atoms with Gasteiger partial charge in [0, 0.05) is 25.2 Å². The number of hydrogen-bond donors (Lipinski definition) is 1. The zero-order chi connectivity index (χ0) is 13.2. The Morgan fingerprint density at radius 1 is 1.28 bits per heavy atom. The third kappa shape index (κ3) is 3.94. The van der Waals surface area contributed by atoms with Crippen LogP contribution in [0.5, 0.6) is 0 Å². The van der Waals surface area contributed by atoms with Crippen molar-refractivity contribution in [2.45, 2.75) is 77.2 Å². The van der Waals surface area contributed by atoms with Crippen LogP contribution in [0, 0.1) is 0 Å². The summed E-state index contributed by atoms with van der Waals surface area (Å²) in [6, 6.07) is 1.31. The monoisotopic (exact) mass is 254 g/mol. The van der Waals surface area contributed by atoms with Gasteiger partial charge >= 0.3 is 0 Å². The maximum Gasteiger partial charge on any atom is 0.0710 e. The van der Waals surface area contributed by atoms with Gasteiger partial charge in [-0.15, -0.1) is 0 Å². The zero-order valence-electron chi connectivity index (χ0n) is 12.5. The SMILES string of the molecule is CC(C)N(CC1CCCN1)CC1CCC(C)(C)O1. The molecule has 0 aromatic heterocycles. The lowest BCUT2D eigenvalue weighted by Crippen LogP contribution is -2.45. The molecule has 0 aliphatic carbocycles. The Hall–Kier alpha value is -0.120. The molecule has 2 unspecified atom stereocenters. The fourth-order valence-corrected chi connectivity index (χ4v) is 3.16. The van der Waals surface area contributed by atoms with Crippen molar-refractivity contribution in [3.05, 3.63) is 0 Å². The quantitative estimate of drug-likeness (QED) is 0.815. The van der Waals surface area contributed by atoms with Crippen LogP contribution in [0.3, 0.4) is 0 Å². The average Bonchev–Trinajstić information content (AvgIpc) is 2.87. The van der Waals surface area contributed by atoms with Crippen molar-refractivity contribution < 1.29 is 4.74 Å². The summed E-state index contributed by atoms with van der Waals surface area (Å²) in [5.74, 6) is 0. The van der Waals surface area contributed by atoms with Gasteiger partial charge in [-0.1, -0.05) is 0 Å². The van der Waals surface area contributed by atoms with Crippen LogP contribution in [0.4, 0.5) is 0 Å². The minimum atomic E-state index is 0.0962. The molecule has 2 aliphatic heterocycles. The molecule has 0 radical (unpaired) electrons. The number of rotatable bonds is 5. The molecule has 0 spiro atoms. The summed E-state index contributed by atoms with van der Waals surface area (Å²) in [4.78, 5) is 2.59. The molecule has 2 saturated heterocycles. The van der Waals surface area contributed by atoms with Gasteiger partial charge in [-0.25, -0.2) is 0 Å². The van der Waals surface area contributed by atoms with Gasteiger partial charge in [0.2, 0.25) is 0 Å². The van der Waals surface area contributed by atoms with E-state index in [9.17, 15) is 0 Å². The van der Waals surface area contributed by atoms with Gasteiger partial charge in [0.1, 0.15) is 0 Å². The van der Waals surface area contributed by atoms with Crippen LogP contribution in [0.15, 0.2) is 0 Å². The second-order valence-corrected chi connectivity index (χ2v) is 6.88. The predicted octanol–water partition coefficient (Wildman–Crippen LogP) is 2.41. The third-order valence-electron chi connectivity index (χ3n) is 4.34. The Balaban J connectivity index is 1.82. The molecule has 3 heteroatoms. The highest BCUT2D eigenvalue weighted by molar-refractivity contribution is 4.85. The molecule has 0 aromatic rings. The van der Waals surface area contributed by atoms with Crippen molar-refractivity contribution in [1.29, 1.82) is 0 Å². The summed E-state index contributed by atoms with van der Waals surface area (Å²) in [5, 5.41) is 3.60. The number of hydrogen-bond acceptors (Lipinski definition) is 3. The number of nitrogens with zero attached hydrogens (tertiary/aromatic N) is 1. The third-order valence-corrected chi connectivity index (χ3v) is 4.34. The van der Waals surface area contributed by atoms with Crippen LogP contribution in [0.25, 0.3) is 0 Å². The molecule has 0 amide bonds. The van der Waals surface area contributed by atoms with Gasteiger partial charge in [0.25, 0.3) is 0 Å². The smallest absolute Gasteiger partial charge is 0.0710 e. The summed E-state index contributed by atoms with van der Waals surface area (Å²) < 4.78 is 6.13. The molecule has 0 aromatic carbocycles. The van der Waals surface area contributed by atoms with E-state index in [-0.39, 0.29) is 5.60 Å². The van der Waals surface area contributed by atoms with Crippen molar-refractivity contribution in [2.24, 2.45) is 0 Å². The van der Waals surface area contributed by atoms with Gasteiger partial charge in [-0.3, -0.25) is 4.90 Å². The van der Waals surface area contributed by atoms with Crippen LogP contribution in [-0.4, -0.2) is 48.3 Å². The molecule has 2 rings (SSSR count). The highest BCUT2D eigenvalue weighted by Gasteiger charge is 2.33. The molecular weight excluding hydrogens is 224 g/mol. The van der Waals surface area contributed by atoms with E-state index in [0.29, 0.717) is 18.2 Å². The molecule has 3 nitrogen and oxygen atoms in total. The Morgan fingerprint density at radius 2 is 2.06 bits per heavy atom. The fourth-order valence-electron chi connectivity index (χ4n) is 3.16. The summed E-state index contributed by atoms with van der Waals surface area (Å²) in [6.45, 7) is 12.5. The van der Waals surface area contributed by atoms with Crippen LogP contribution in [0.2, 0.25) is 0 Å². The lowest BCUT2D eigenvalue weighted by atomic mass is 10.1. The first-order valence-corrected chi connectivity index (χ1v) is 7.61. The Kier molecular flexibility index (Phi) is 4.68. The Labute approximate surface area is 112 Å². The molecular formula is C15H30N2O. The molecule has 106 valence electrons. The summed E-state index contributed by atoms with van der Waals surface area (Å²) >= 11 is 0. The van der Waals surface area contributed by atoms with Gasteiger partial charge in [0.05, 0.1) is 11.7 Å². The van der Waals surface area contributed by atoms with Crippen LogP contribution in [-0.2, 0) is 4.74 Å². The largest absolute Gasteiger partial charge is 0.371 e. The molecule has 0 bridgehead atoms. The summed E-state index contributed by atoms with van der Waals surface area (Å²) in [7, 11) is 0. The predicted molar refractivity (Wildman–Crippen MR) is 75.9 cm³/mol. The highest BCUT2D eigenvalue weighted by atomic mass is 16.5. The Morgan fingerprint density at radius 3 is 2.56 bits per heavy atom. The molecule has 2 heterocycles. The fraction of sp³-hybridized carbons (Fsp3) is 1.00. The second kappa shape index (κ2) is 5.89. The van der Waals surface area contributed by atoms with Gasteiger partial charge in [0.15, 0.2) is 0 Å². The van der Waals surface area contributed by atoms with Crippen LogP contribution in [0.1, 0.15) is 53.4 Å². The first kappa shape index (κ1) is 14.3. The maximum atomic E-state index is 6.13. The maximum absolute atomic E-state index is 6.13. The second-order valence-electron chi connectivity index (χ2n) is 6.88. The van der Waals surface area contributed by atoms with Crippen molar-refractivity contribution in [1.82, 2.24) is 10.2 Å². The molecule has 18 heavy (non-hydrogen) atoms. The first-order chi connectivity index (χ1) is 8.46. The van der Waals surface area contributed by atoms with Gasteiger partial charge < -0.3 is 10.1 Å². The van der Waals surface area contributed by atoms with Crippen molar-refractivity contribution in [3.8, 4) is 0 Å². The Bertz CT molecular complexity index is 259. The first-order valence-electron chi connectivity index (χ1n) is 7.61. The van der Waals surface area contributed by atoms with E-state index >= 15 is 0 Å². The molecule has 1 N–H and O–H groups in total. The number of ether oxygens (including phenoxy) is 1. The molecule has 2 aliphatic rings. The molecule has 0 saturated carbocycles. The molecule has 2 fully saturated rings. The standard InChI is InChI=1S/C15H30N2O/c1-12(2)17(10-13-6-5-9-16-13)11-14-7-8-15(3,4)18-14/h12-14,16H,5-11H2,1-4H3. The van der Waals surface area contributed by atoms with Crippen LogP contribution < -0.4 is 5.32 Å². The normalized spacial score (nSPS) is 31.7. The van der Waals surface area contributed by atoms with E-state index in [1.54, 1.807) is 0 Å². The lowest BCUT2D eigenvalue weighted by Gasteiger charge is -2.32. The molecule has 2 atom stereocenters. The number of nitrogens with one attached hydrogen (secondary N) is 1. The summed E-state index contributed by atoms with van der Waals surface area (Å²) in [6.07, 6.45) is 5.52. The summed E-state index contributed by atoms with van der Waals surface area (Å²) in [5.41, 5.74) is 0.0962. The van der Waals surface area contributed by atoms with Gasteiger partial charge in [-0.05, 0) is 59.9 Å². The zero-order valence-corrected chi connectivity index (χ0v) is 12.5. The average molecular weight is 254 g/mol. The van der Waals surface area contributed by atoms with E-state index in [4.69, 9.17) is 4.74 Å². The van der Waals surface area contributed by atoms with E-state index in [1.807, 2.05) is 0 Å². The van der Waals surface area contributed by atoms with Crippen molar-refractivity contribution in [2.75, 3.05) is 19.6 Å². The topological polar surface area (TPSA) is 24.5 Å².